The molecule has 0 fully saturated rings. The molecular weight excluding hydrogens is 468 g/mol. The number of amides is 1. The Labute approximate surface area is 195 Å². The van der Waals surface area contributed by atoms with Crippen molar-refractivity contribution in [3.8, 4) is 0 Å². The Bertz CT molecular complexity index is 1340. The zero-order valence-electron chi connectivity index (χ0n) is 18.4. The normalized spacial score (nSPS) is 12.5. The van der Waals surface area contributed by atoms with Gasteiger partial charge in [-0.3, -0.25) is 14.9 Å². The average molecular weight is 493 g/mol. The Hall–Kier alpha value is -2.93. The van der Waals surface area contributed by atoms with Crippen LogP contribution in [-0.2, 0) is 21.3 Å². The first-order valence-electron chi connectivity index (χ1n) is 10.2. The number of nitro benzene ring substituents is 1. The fraction of sp³-hybridized carbons (Fsp3) is 0.333. The highest BCUT2D eigenvalue weighted by Gasteiger charge is 2.21. The standard InChI is InChI=1S/C21H24N4O6S2/c1-4-23(5-2)33(29,30)17-9-6-15(7-10-17)20(26)22-21-24(12-13-31-3)18-11-8-16(25(27)28)14-19(18)32-21/h6-11,14H,4-5,12-13H2,1-3H3. The van der Waals surface area contributed by atoms with Crippen molar-refractivity contribution in [2.45, 2.75) is 25.3 Å². The minimum Gasteiger partial charge on any atom is -0.383 e. The molecule has 0 aliphatic rings. The van der Waals surface area contributed by atoms with E-state index >= 15 is 0 Å². The van der Waals surface area contributed by atoms with Crippen molar-refractivity contribution in [1.29, 1.82) is 0 Å². The van der Waals surface area contributed by atoms with Crippen molar-refractivity contribution in [3.63, 3.8) is 0 Å². The number of thiazole rings is 1. The van der Waals surface area contributed by atoms with Gasteiger partial charge >= 0.3 is 0 Å². The van der Waals surface area contributed by atoms with Crippen LogP contribution in [0.3, 0.4) is 0 Å². The van der Waals surface area contributed by atoms with Crippen LogP contribution in [0, 0.1) is 10.1 Å². The van der Waals surface area contributed by atoms with Crippen molar-refractivity contribution in [2.75, 3.05) is 26.8 Å². The number of carbonyl (C=O) groups excluding carboxylic acids is 1. The minimum atomic E-state index is -3.63. The summed E-state index contributed by atoms with van der Waals surface area (Å²) in [4.78, 5) is 28.1. The molecule has 0 radical (unpaired) electrons. The van der Waals surface area contributed by atoms with Crippen molar-refractivity contribution < 1.29 is 22.9 Å². The summed E-state index contributed by atoms with van der Waals surface area (Å²) in [5.74, 6) is -0.547. The van der Waals surface area contributed by atoms with Crippen LogP contribution >= 0.6 is 11.3 Å². The van der Waals surface area contributed by atoms with Gasteiger partial charge in [0, 0.05) is 44.4 Å². The molecule has 3 aromatic rings. The Balaban J connectivity index is 2.00. The number of hydrogen-bond acceptors (Lipinski definition) is 7. The summed E-state index contributed by atoms with van der Waals surface area (Å²) in [6, 6.07) is 10.1. The van der Waals surface area contributed by atoms with Crippen molar-refractivity contribution in [3.05, 3.63) is 62.9 Å². The summed E-state index contributed by atoms with van der Waals surface area (Å²) in [5, 5.41) is 11.1. The lowest BCUT2D eigenvalue weighted by Gasteiger charge is -2.18. The van der Waals surface area contributed by atoms with Gasteiger partial charge in [0.15, 0.2) is 4.80 Å². The van der Waals surface area contributed by atoms with Gasteiger partial charge in [0.25, 0.3) is 11.6 Å². The highest BCUT2D eigenvalue weighted by Crippen LogP contribution is 2.23. The third-order valence-electron chi connectivity index (χ3n) is 5.04. The number of hydrogen-bond donors (Lipinski definition) is 0. The summed E-state index contributed by atoms with van der Waals surface area (Å²) < 4.78 is 34.1. The monoisotopic (exact) mass is 492 g/mol. The molecule has 0 aliphatic heterocycles. The smallest absolute Gasteiger partial charge is 0.279 e. The number of carbonyl (C=O) groups is 1. The number of nitrogens with zero attached hydrogens (tertiary/aromatic N) is 4. The average Bonchev–Trinajstić information content (AvgIpc) is 3.14. The molecule has 0 aliphatic carbocycles. The Morgan fingerprint density at radius 3 is 2.42 bits per heavy atom. The molecule has 10 nitrogen and oxygen atoms in total. The van der Waals surface area contributed by atoms with Crippen LogP contribution in [0.15, 0.2) is 52.4 Å². The second kappa shape index (κ2) is 10.3. The molecule has 1 heterocycles. The van der Waals surface area contributed by atoms with Gasteiger partial charge in [0.05, 0.1) is 26.6 Å². The van der Waals surface area contributed by atoms with Crippen LogP contribution in [0.25, 0.3) is 10.2 Å². The van der Waals surface area contributed by atoms with Gasteiger partial charge in [0.1, 0.15) is 0 Å². The lowest BCUT2D eigenvalue weighted by atomic mass is 10.2. The van der Waals surface area contributed by atoms with E-state index in [0.29, 0.717) is 41.3 Å². The summed E-state index contributed by atoms with van der Waals surface area (Å²) in [5.41, 5.74) is 0.885. The highest BCUT2D eigenvalue weighted by atomic mass is 32.2. The molecule has 2 aromatic carbocycles. The summed E-state index contributed by atoms with van der Waals surface area (Å²) in [6.45, 7) is 4.98. The van der Waals surface area contributed by atoms with E-state index in [2.05, 4.69) is 4.99 Å². The molecular formula is C21H24N4O6S2. The number of fused-ring (bicyclic) bond motifs is 1. The van der Waals surface area contributed by atoms with E-state index in [0.717, 1.165) is 11.3 Å². The molecule has 1 amide bonds. The quantitative estimate of drug-likeness (QED) is 0.334. The van der Waals surface area contributed by atoms with Gasteiger partial charge < -0.3 is 9.30 Å². The predicted molar refractivity (Wildman–Crippen MR) is 125 cm³/mol. The SMILES string of the molecule is CCN(CC)S(=O)(=O)c1ccc(C(=O)N=c2sc3cc([N+](=O)[O-])ccc3n2CCOC)cc1. The highest BCUT2D eigenvalue weighted by molar-refractivity contribution is 7.89. The number of ether oxygens (including phenoxy) is 1. The zero-order chi connectivity index (χ0) is 24.2. The number of rotatable bonds is 9. The van der Waals surface area contributed by atoms with Gasteiger partial charge in [-0.05, 0) is 30.3 Å². The number of non-ortho nitro benzene ring substituents is 1. The summed E-state index contributed by atoms with van der Waals surface area (Å²) >= 11 is 1.16. The van der Waals surface area contributed by atoms with Crippen LogP contribution in [0.1, 0.15) is 24.2 Å². The third kappa shape index (κ3) is 5.19. The minimum absolute atomic E-state index is 0.0504. The van der Waals surface area contributed by atoms with Crippen molar-refractivity contribution >= 4 is 43.2 Å². The second-order valence-electron chi connectivity index (χ2n) is 6.97. The number of methoxy groups -OCH3 is 1. The molecule has 3 rings (SSSR count). The van der Waals surface area contributed by atoms with E-state index in [-0.39, 0.29) is 16.1 Å². The number of sulfonamides is 1. The van der Waals surface area contributed by atoms with E-state index in [1.165, 1.54) is 40.7 Å². The first-order chi connectivity index (χ1) is 15.7. The van der Waals surface area contributed by atoms with Crippen molar-refractivity contribution in [1.82, 2.24) is 8.87 Å². The van der Waals surface area contributed by atoms with Crippen LogP contribution < -0.4 is 4.80 Å². The van der Waals surface area contributed by atoms with Crippen LogP contribution in [0.2, 0.25) is 0 Å². The van der Waals surface area contributed by atoms with Gasteiger partial charge in [-0.25, -0.2) is 8.42 Å². The Morgan fingerprint density at radius 2 is 1.85 bits per heavy atom. The fourth-order valence-corrected chi connectivity index (χ4v) is 5.84. The molecule has 0 unspecified atom stereocenters. The maximum Gasteiger partial charge on any atom is 0.279 e. The first kappa shape index (κ1) is 24.7. The molecule has 33 heavy (non-hydrogen) atoms. The lowest BCUT2D eigenvalue weighted by Crippen LogP contribution is -2.30. The van der Waals surface area contributed by atoms with Gasteiger partial charge in [-0.1, -0.05) is 25.2 Å². The number of benzene rings is 2. The summed E-state index contributed by atoms with van der Waals surface area (Å²) in [6.07, 6.45) is 0. The lowest BCUT2D eigenvalue weighted by molar-refractivity contribution is -0.384. The maximum atomic E-state index is 12.8. The largest absolute Gasteiger partial charge is 0.383 e. The van der Waals surface area contributed by atoms with Gasteiger partial charge in [-0.15, -0.1) is 0 Å². The molecule has 0 saturated carbocycles. The topological polar surface area (TPSA) is 124 Å². The van der Waals surface area contributed by atoms with E-state index in [1.54, 1.807) is 31.6 Å². The number of aromatic nitrogens is 1. The molecule has 0 N–H and O–H groups in total. The molecule has 1 aromatic heterocycles. The molecule has 12 heteroatoms. The predicted octanol–water partition coefficient (Wildman–Crippen LogP) is 3.03. The zero-order valence-corrected chi connectivity index (χ0v) is 20.1. The molecule has 0 spiro atoms. The summed E-state index contributed by atoms with van der Waals surface area (Å²) in [7, 11) is -2.08. The van der Waals surface area contributed by atoms with E-state index < -0.39 is 20.9 Å². The molecule has 176 valence electrons. The third-order valence-corrected chi connectivity index (χ3v) is 8.14. The Kier molecular flexibility index (Phi) is 7.74. The first-order valence-corrected chi connectivity index (χ1v) is 12.4. The molecule has 0 bridgehead atoms. The van der Waals surface area contributed by atoms with Gasteiger partial charge in [-0.2, -0.15) is 9.30 Å². The van der Waals surface area contributed by atoms with Crippen LogP contribution in [0.4, 0.5) is 5.69 Å². The van der Waals surface area contributed by atoms with E-state index in [9.17, 15) is 23.3 Å². The number of nitro groups is 1. The van der Waals surface area contributed by atoms with E-state index in [4.69, 9.17) is 4.74 Å². The van der Waals surface area contributed by atoms with Crippen LogP contribution in [-0.4, -0.2) is 54.9 Å². The fourth-order valence-electron chi connectivity index (χ4n) is 3.29. The second-order valence-corrected chi connectivity index (χ2v) is 9.92. The maximum absolute atomic E-state index is 12.8. The van der Waals surface area contributed by atoms with Gasteiger partial charge in [0.2, 0.25) is 10.0 Å². The Morgan fingerprint density at radius 1 is 1.18 bits per heavy atom. The van der Waals surface area contributed by atoms with Crippen molar-refractivity contribution in [2.24, 2.45) is 4.99 Å². The molecule has 0 atom stereocenters. The van der Waals surface area contributed by atoms with Crippen LogP contribution in [0.5, 0.6) is 0 Å². The van der Waals surface area contributed by atoms with E-state index in [1.807, 2.05) is 0 Å². The molecule has 0 saturated heterocycles.